The fourth-order valence-corrected chi connectivity index (χ4v) is 2.73. The molecule has 3 aromatic rings. The largest absolute Gasteiger partial charge is 0.370 e. The molecule has 0 aliphatic rings. The first-order chi connectivity index (χ1) is 14.3. The van der Waals surface area contributed by atoms with Crippen LogP contribution in [-0.2, 0) is 16.1 Å². The molecule has 0 saturated carbocycles. The number of nitro benzene ring substituents is 1. The van der Waals surface area contributed by atoms with Crippen LogP contribution in [0.15, 0.2) is 54.9 Å². The van der Waals surface area contributed by atoms with E-state index in [0.29, 0.717) is 11.3 Å². The summed E-state index contributed by atoms with van der Waals surface area (Å²) < 4.78 is 14.5. The number of benzene rings is 2. The van der Waals surface area contributed by atoms with Crippen LogP contribution in [0.5, 0.6) is 0 Å². The van der Waals surface area contributed by atoms with Crippen LogP contribution in [0.25, 0.3) is 11.4 Å². The molecule has 2 amide bonds. The number of nitro groups is 1. The normalized spacial score (nSPS) is 10.6. The average Bonchev–Trinajstić information content (AvgIpc) is 3.18. The number of hydrogen-bond acceptors (Lipinski definition) is 6. The van der Waals surface area contributed by atoms with E-state index in [2.05, 4.69) is 10.1 Å². The molecule has 0 bridgehead atoms. The Morgan fingerprint density at radius 3 is 2.60 bits per heavy atom. The number of primary amides is 1. The van der Waals surface area contributed by atoms with E-state index >= 15 is 0 Å². The number of carbonyl (C=O) groups excluding carboxylic acids is 2. The number of hydrogen-bond donors (Lipinski definition) is 1. The minimum Gasteiger partial charge on any atom is -0.370 e. The minimum absolute atomic E-state index is 0.0201. The van der Waals surface area contributed by atoms with Gasteiger partial charge in [-0.25, -0.2) is 14.1 Å². The van der Waals surface area contributed by atoms with Gasteiger partial charge in [-0.1, -0.05) is 12.1 Å². The zero-order chi connectivity index (χ0) is 21.7. The fraction of sp³-hybridized carbons (Fsp3) is 0.158. The maximum absolute atomic E-state index is 13.2. The second-order valence-electron chi connectivity index (χ2n) is 6.31. The summed E-state index contributed by atoms with van der Waals surface area (Å²) in [5.41, 5.74) is 5.92. The maximum atomic E-state index is 13.2. The zero-order valence-electron chi connectivity index (χ0n) is 15.6. The van der Waals surface area contributed by atoms with Crippen molar-refractivity contribution in [2.45, 2.75) is 13.0 Å². The van der Waals surface area contributed by atoms with Crippen molar-refractivity contribution < 1.29 is 18.9 Å². The zero-order valence-corrected chi connectivity index (χ0v) is 15.6. The highest BCUT2D eigenvalue weighted by molar-refractivity contribution is 5.93. The van der Waals surface area contributed by atoms with Crippen LogP contribution >= 0.6 is 0 Å². The van der Waals surface area contributed by atoms with Gasteiger partial charge in [-0.15, -0.1) is 0 Å². The Morgan fingerprint density at radius 2 is 1.93 bits per heavy atom. The summed E-state index contributed by atoms with van der Waals surface area (Å²) in [5.74, 6) is -1.24. The predicted molar refractivity (Wildman–Crippen MR) is 105 cm³/mol. The van der Waals surface area contributed by atoms with Crippen LogP contribution in [0.3, 0.4) is 0 Å². The Labute approximate surface area is 169 Å². The van der Waals surface area contributed by atoms with Crippen molar-refractivity contribution in [3.8, 4) is 11.4 Å². The quantitative estimate of drug-likeness (QED) is 0.443. The van der Waals surface area contributed by atoms with Crippen molar-refractivity contribution in [2.75, 3.05) is 11.4 Å². The first-order valence-electron chi connectivity index (χ1n) is 8.82. The van der Waals surface area contributed by atoms with Gasteiger partial charge in [0.1, 0.15) is 18.7 Å². The lowest BCUT2D eigenvalue weighted by atomic mass is 10.2. The highest BCUT2D eigenvalue weighted by atomic mass is 19.1. The summed E-state index contributed by atoms with van der Waals surface area (Å²) in [6.07, 6.45) is 1.25. The van der Waals surface area contributed by atoms with E-state index in [0.717, 1.165) is 0 Å². The monoisotopic (exact) mass is 412 g/mol. The van der Waals surface area contributed by atoms with Gasteiger partial charge in [0.15, 0.2) is 5.82 Å². The first kappa shape index (κ1) is 20.6. The van der Waals surface area contributed by atoms with E-state index in [-0.39, 0.29) is 31.0 Å². The van der Waals surface area contributed by atoms with Crippen LogP contribution in [-0.4, -0.2) is 38.0 Å². The van der Waals surface area contributed by atoms with Crippen LogP contribution in [0.1, 0.15) is 6.42 Å². The van der Waals surface area contributed by atoms with Crippen LogP contribution in [0.2, 0.25) is 0 Å². The van der Waals surface area contributed by atoms with E-state index in [4.69, 9.17) is 5.73 Å². The highest BCUT2D eigenvalue weighted by Gasteiger charge is 2.18. The van der Waals surface area contributed by atoms with Crippen LogP contribution in [0.4, 0.5) is 15.8 Å². The summed E-state index contributed by atoms with van der Waals surface area (Å²) in [6, 6.07) is 11.1. The number of amides is 2. The van der Waals surface area contributed by atoms with Gasteiger partial charge in [0.2, 0.25) is 11.8 Å². The van der Waals surface area contributed by atoms with Crippen molar-refractivity contribution >= 4 is 23.2 Å². The molecule has 0 unspecified atom stereocenters. The molecule has 0 radical (unpaired) electrons. The molecule has 0 saturated heterocycles. The Morgan fingerprint density at radius 1 is 1.20 bits per heavy atom. The second-order valence-corrected chi connectivity index (χ2v) is 6.31. The van der Waals surface area contributed by atoms with Crippen molar-refractivity contribution in [3.63, 3.8) is 0 Å². The molecule has 0 atom stereocenters. The molecule has 0 fully saturated rings. The second kappa shape index (κ2) is 8.90. The van der Waals surface area contributed by atoms with Gasteiger partial charge >= 0.3 is 0 Å². The molecule has 10 nitrogen and oxygen atoms in total. The molecule has 1 aromatic heterocycles. The molecule has 0 aliphatic heterocycles. The van der Waals surface area contributed by atoms with Gasteiger partial charge in [-0.2, -0.15) is 5.10 Å². The Hall–Kier alpha value is -4.15. The number of nitrogens with two attached hydrogens (primary N) is 1. The summed E-state index contributed by atoms with van der Waals surface area (Å²) in [5, 5.41) is 15.1. The van der Waals surface area contributed by atoms with Crippen LogP contribution < -0.4 is 10.6 Å². The van der Waals surface area contributed by atoms with E-state index in [1.165, 1.54) is 58.4 Å². The van der Waals surface area contributed by atoms with Crippen molar-refractivity contribution in [3.05, 3.63) is 70.8 Å². The smallest absolute Gasteiger partial charge is 0.270 e. The summed E-state index contributed by atoms with van der Waals surface area (Å²) in [4.78, 5) is 39.8. The number of anilines is 1. The molecule has 30 heavy (non-hydrogen) atoms. The third-order valence-electron chi connectivity index (χ3n) is 4.17. The van der Waals surface area contributed by atoms with Crippen molar-refractivity contribution in [1.29, 1.82) is 0 Å². The average molecular weight is 412 g/mol. The molecule has 3 rings (SSSR count). The van der Waals surface area contributed by atoms with Crippen LogP contribution in [0, 0.1) is 15.9 Å². The Balaban J connectivity index is 1.79. The SMILES string of the molecule is NC(=O)CCN(C(=O)Cn1cnc(-c2cccc([N+](=O)[O-])c2)n1)c1ccc(F)cc1. The number of aromatic nitrogens is 3. The summed E-state index contributed by atoms with van der Waals surface area (Å²) in [6.45, 7) is -0.190. The van der Waals surface area contributed by atoms with Gasteiger partial charge in [0, 0.05) is 36.3 Å². The van der Waals surface area contributed by atoms with Crippen molar-refractivity contribution in [1.82, 2.24) is 14.8 Å². The van der Waals surface area contributed by atoms with Gasteiger partial charge < -0.3 is 10.6 Å². The Bertz CT molecular complexity index is 1080. The molecule has 2 N–H and O–H groups in total. The highest BCUT2D eigenvalue weighted by Crippen LogP contribution is 2.21. The lowest BCUT2D eigenvalue weighted by molar-refractivity contribution is -0.384. The third-order valence-corrected chi connectivity index (χ3v) is 4.17. The molecule has 154 valence electrons. The number of carbonyl (C=O) groups is 2. The van der Waals surface area contributed by atoms with E-state index in [1.54, 1.807) is 6.07 Å². The fourth-order valence-electron chi connectivity index (χ4n) is 2.73. The maximum Gasteiger partial charge on any atom is 0.270 e. The van der Waals surface area contributed by atoms with E-state index in [9.17, 15) is 24.1 Å². The predicted octanol–water partition coefficient (Wildman–Crippen LogP) is 1.90. The van der Waals surface area contributed by atoms with E-state index in [1.807, 2.05) is 0 Å². The van der Waals surface area contributed by atoms with E-state index < -0.39 is 22.6 Å². The first-order valence-corrected chi connectivity index (χ1v) is 8.82. The lowest BCUT2D eigenvalue weighted by Gasteiger charge is -2.22. The number of non-ortho nitro benzene ring substituents is 1. The van der Waals surface area contributed by atoms with Crippen molar-refractivity contribution in [2.24, 2.45) is 5.73 Å². The minimum atomic E-state index is -0.580. The van der Waals surface area contributed by atoms with Gasteiger partial charge in [-0.3, -0.25) is 19.7 Å². The molecular weight excluding hydrogens is 395 g/mol. The number of halogens is 1. The number of rotatable bonds is 8. The molecular formula is C19H17FN6O4. The molecule has 0 spiro atoms. The topological polar surface area (TPSA) is 137 Å². The number of nitrogens with zero attached hydrogens (tertiary/aromatic N) is 5. The molecule has 2 aromatic carbocycles. The standard InChI is InChI=1S/C19H17FN6O4/c20-14-4-6-15(7-5-14)25(9-8-17(21)27)18(28)11-24-12-22-19(23-24)13-2-1-3-16(10-13)26(29)30/h1-7,10,12H,8-9,11H2,(H2,21,27). The lowest BCUT2D eigenvalue weighted by Crippen LogP contribution is -2.36. The molecule has 1 heterocycles. The van der Waals surface area contributed by atoms with Gasteiger partial charge in [-0.05, 0) is 24.3 Å². The third kappa shape index (κ3) is 5.01. The summed E-state index contributed by atoms with van der Waals surface area (Å²) >= 11 is 0. The van der Waals surface area contributed by atoms with Gasteiger partial charge in [0.25, 0.3) is 5.69 Å². The Kier molecular flexibility index (Phi) is 6.11. The van der Waals surface area contributed by atoms with Gasteiger partial charge in [0.05, 0.1) is 4.92 Å². The molecule has 11 heteroatoms. The summed E-state index contributed by atoms with van der Waals surface area (Å²) in [7, 11) is 0. The molecule has 0 aliphatic carbocycles.